The number of hydrogen-bond donors (Lipinski definition) is 0. The van der Waals surface area contributed by atoms with Gasteiger partial charge in [0.2, 0.25) is 0 Å². The summed E-state index contributed by atoms with van der Waals surface area (Å²) in [5, 5.41) is 19.5. The molecule has 0 aromatic carbocycles. The maximum absolute atomic E-state index is 9.75. The van der Waals surface area contributed by atoms with Crippen molar-refractivity contribution >= 4 is 60.8 Å². The van der Waals surface area contributed by atoms with Crippen LogP contribution in [0.3, 0.4) is 0 Å². The van der Waals surface area contributed by atoms with E-state index in [9.17, 15) is 19.8 Å². The molecule has 0 aliphatic carbocycles. The fourth-order valence-corrected chi connectivity index (χ4v) is 0.471. The van der Waals surface area contributed by atoms with Crippen molar-refractivity contribution < 1.29 is 24.5 Å². The molecule has 1 saturated heterocycles. The Labute approximate surface area is 96.4 Å². The van der Waals surface area contributed by atoms with E-state index in [1.54, 1.807) is 0 Å². The molecule has 0 aromatic rings. The summed E-state index contributed by atoms with van der Waals surface area (Å²) >= 11 is 0. The van der Waals surface area contributed by atoms with Gasteiger partial charge in [-0.1, -0.05) is 0 Å². The number of rotatable bonds is 2. The normalized spacial score (nSPS) is 28.4. The number of carboxylic acids is 2. The molecule has 0 N–H and O–H groups in total. The number of ether oxygens (including phenoxy) is 1. The van der Waals surface area contributed by atoms with E-state index in [-0.39, 0.29) is 48.9 Å². The average molecular weight is 267 g/mol. The van der Waals surface area contributed by atoms with E-state index in [2.05, 4.69) is 4.74 Å². The first-order chi connectivity index (χ1) is 4.13. The Kier molecular flexibility index (Phi) is 3.92. The number of carbonyl (C=O) groups is 2. The average Bonchev–Trinajstić information content (AvgIpc) is 2.39. The molecule has 1 aliphatic rings. The molecule has 0 aromatic heterocycles. The van der Waals surface area contributed by atoms with Crippen molar-refractivity contribution in [2.24, 2.45) is 0 Å². The van der Waals surface area contributed by atoms with Crippen molar-refractivity contribution in [3.05, 3.63) is 0 Å². The second kappa shape index (κ2) is 3.75. The molecule has 0 saturated carbocycles. The zero-order chi connectivity index (χ0) is 7.02. The molecule has 50 valence electrons. The summed E-state index contributed by atoms with van der Waals surface area (Å²) in [6.45, 7) is 0. The Balaban J connectivity index is 0.000000810. The van der Waals surface area contributed by atoms with Crippen molar-refractivity contribution in [3.8, 4) is 0 Å². The van der Waals surface area contributed by atoms with Gasteiger partial charge in [0.05, 0.1) is 11.9 Å². The minimum absolute atomic E-state index is 0. The van der Waals surface area contributed by atoms with Gasteiger partial charge in [0, 0.05) is 0 Å². The first kappa shape index (κ1) is 10.5. The molecule has 0 unspecified atom stereocenters. The quantitative estimate of drug-likeness (QED) is 0.374. The Morgan fingerprint density at radius 2 is 1.40 bits per heavy atom. The second-order valence-corrected chi connectivity index (χ2v) is 1.62. The van der Waals surface area contributed by atoms with Gasteiger partial charge in [-0.15, -0.1) is 0 Å². The van der Waals surface area contributed by atoms with Gasteiger partial charge in [-0.05, 0) is 0 Å². The predicted molar refractivity (Wildman–Crippen MR) is 24.4 cm³/mol. The third-order valence-electron chi connectivity index (χ3n) is 0.956. The van der Waals surface area contributed by atoms with Crippen molar-refractivity contribution in [1.82, 2.24) is 0 Å². The van der Waals surface area contributed by atoms with Crippen LogP contribution in [0.5, 0.6) is 0 Å². The third-order valence-corrected chi connectivity index (χ3v) is 0.956. The summed E-state index contributed by atoms with van der Waals surface area (Å²) in [5.41, 5.74) is 0. The van der Waals surface area contributed by atoms with Crippen molar-refractivity contribution in [1.29, 1.82) is 0 Å². The number of carbonyl (C=O) groups excluding carboxylic acids is 2. The monoisotopic (exact) mass is 268 g/mol. The number of aliphatic carboxylic acids is 2. The van der Waals surface area contributed by atoms with E-state index in [4.69, 9.17) is 0 Å². The summed E-state index contributed by atoms with van der Waals surface area (Å²) in [6, 6.07) is 0. The molecule has 0 radical (unpaired) electrons. The first-order valence-corrected chi connectivity index (χ1v) is 2.20. The molecule has 1 heterocycles. The Hall–Kier alpha value is 0.471. The molecular formula is C4H2BaO5. The van der Waals surface area contributed by atoms with Crippen LogP contribution < -0.4 is 10.2 Å². The summed E-state index contributed by atoms with van der Waals surface area (Å²) < 4.78 is 4.12. The molecule has 6 heteroatoms. The summed E-state index contributed by atoms with van der Waals surface area (Å²) in [5.74, 6) is -3.02. The number of carboxylic acid groups (broad SMARTS) is 2. The van der Waals surface area contributed by atoms with Crippen LogP contribution in [0.15, 0.2) is 0 Å². The van der Waals surface area contributed by atoms with Gasteiger partial charge < -0.3 is 24.5 Å². The topological polar surface area (TPSA) is 92.8 Å². The van der Waals surface area contributed by atoms with Gasteiger partial charge in [0.15, 0.2) is 0 Å². The van der Waals surface area contributed by atoms with Gasteiger partial charge in [-0.25, -0.2) is 0 Å². The zero-order valence-corrected chi connectivity index (χ0v) is 9.34. The maximum atomic E-state index is 9.75. The van der Waals surface area contributed by atoms with Crippen LogP contribution in [0.1, 0.15) is 0 Å². The molecule has 1 rings (SSSR count). The fraction of sp³-hybridized carbons (Fsp3) is 0.500. The molecule has 10 heavy (non-hydrogen) atoms. The Morgan fingerprint density at radius 1 is 1.10 bits per heavy atom. The van der Waals surface area contributed by atoms with Crippen molar-refractivity contribution in [3.63, 3.8) is 0 Å². The van der Waals surface area contributed by atoms with E-state index < -0.39 is 24.1 Å². The molecular weight excluding hydrogens is 265 g/mol. The van der Waals surface area contributed by atoms with E-state index in [1.165, 1.54) is 0 Å². The van der Waals surface area contributed by atoms with Gasteiger partial charge >= 0.3 is 48.9 Å². The molecule has 1 fully saturated rings. The van der Waals surface area contributed by atoms with Crippen LogP contribution >= 0.6 is 0 Å². The molecule has 1 aliphatic heterocycles. The predicted octanol–water partition coefficient (Wildman–Crippen LogP) is -4.13. The Morgan fingerprint density at radius 3 is 1.50 bits per heavy atom. The van der Waals surface area contributed by atoms with Crippen molar-refractivity contribution in [2.75, 3.05) is 0 Å². The maximum Gasteiger partial charge on any atom is 2.00 e. The van der Waals surface area contributed by atoms with E-state index in [0.717, 1.165) is 0 Å². The van der Waals surface area contributed by atoms with Gasteiger partial charge in [-0.2, -0.15) is 0 Å². The van der Waals surface area contributed by atoms with E-state index >= 15 is 0 Å². The molecule has 0 bridgehead atoms. The number of hydrogen-bond acceptors (Lipinski definition) is 5. The minimum Gasteiger partial charge on any atom is -0.547 e. The van der Waals surface area contributed by atoms with Crippen LogP contribution in [0.25, 0.3) is 0 Å². The van der Waals surface area contributed by atoms with Crippen LogP contribution in [0.4, 0.5) is 0 Å². The van der Waals surface area contributed by atoms with Gasteiger partial charge in [0.25, 0.3) is 0 Å². The smallest absolute Gasteiger partial charge is 0.547 e. The van der Waals surface area contributed by atoms with Crippen LogP contribution in [0, 0.1) is 0 Å². The number of epoxide rings is 1. The van der Waals surface area contributed by atoms with Crippen LogP contribution in [-0.2, 0) is 14.3 Å². The standard InChI is InChI=1S/C4H4O5.Ba/c5-3(6)1-2(9-1)4(7)8;/h1-2H,(H,5,6)(H,7,8);/q;+2/p-2/t1-,2+;. The first-order valence-electron chi connectivity index (χ1n) is 2.20. The third kappa shape index (κ3) is 2.26. The summed E-state index contributed by atoms with van der Waals surface area (Å²) in [6.07, 6.45) is -2.59. The molecule has 2 atom stereocenters. The largest absolute Gasteiger partial charge is 2.00 e. The molecule has 0 spiro atoms. The van der Waals surface area contributed by atoms with Gasteiger partial charge in [-0.3, -0.25) is 0 Å². The van der Waals surface area contributed by atoms with Crippen LogP contribution in [-0.4, -0.2) is 73.0 Å². The van der Waals surface area contributed by atoms with Crippen LogP contribution in [0.2, 0.25) is 0 Å². The molecule has 0 amide bonds. The molecule has 5 nitrogen and oxygen atoms in total. The Bertz CT molecular complexity index is 149. The SMILES string of the molecule is O=C([O-])[C@H]1O[C@H]1C(=O)[O-].[Ba+2]. The van der Waals surface area contributed by atoms with E-state index in [0.29, 0.717) is 0 Å². The van der Waals surface area contributed by atoms with Gasteiger partial charge in [0.1, 0.15) is 12.2 Å². The summed E-state index contributed by atoms with van der Waals surface area (Å²) in [4.78, 5) is 19.5. The summed E-state index contributed by atoms with van der Waals surface area (Å²) in [7, 11) is 0. The fourth-order valence-electron chi connectivity index (χ4n) is 0.471. The van der Waals surface area contributed by atoms with E-state index in [1.807, 2.05) is 0 Å². The minimum atomic E-state index is -1.51. The van der Waals surface area contributed by atoms with Crippen molar-refractivity contribution in [2.45, 2.75) is 12.2 Å². The zero-order valence-electron chi connectivity index (χ0n) is 4.90. The second-order valence-electron chi connectivity index (χ2n) is 1.62.